The highest BCUT2D eigenvalue weighted by Crippen LogP contribution is 2.15. The number of carbonyl (C=O) groups is 1. The van der Waals surface area contributed by atoms with Crippen molar-refractivity contribution in [3.05, 3.63) is 71.3 Å². The lowest BCUT2D eigenvalue weighted by Gasteiger charge is -2.26. The molecule has 3 heteroatoms. The monoisotopic (exact) mass is 336 g/mol. The standard InChI is InChI=1S/C22H28N2O/c1-18(20-8-4-2-5-9-20)16-23-22(25)21-12-10-19(11-13-21)17-24-14-6-3-7-15-24/h2,4-5,8-13,18H,3,6-7,14-17H2,1H3,(H,23,25)/t18-/m0/s1. The van der Waals surface area contributed by atoms with Crippen LogP contribution in [-0.4, -0.2) is 30.4 Å². The molecule has 1 aliphatic rings. The Balaban J connectivity index is 1.50. The van der Waals surface area contributed by atoms with Crippen LogP contribution < -0.4 is 5.32 Å². The maximum atomic E-state index is 12.4. The molecule has 0 unspecified atom stereocenters. The lowest BCUT2D eigenvalue weighted by Crippen LogP contribution is -2.29. The first-order valence-electron chi connectivity index (χ1n) is 9.37. The van der Waals surface area contributed by atoms with E-state index in [0.717, 1.165) is 12.1 Å². The van der Waals surface area contributed by atoms with Crippen LogP contribution in [-0.2, 0) is 6.54 Å². The number of piperidine rings is 1. The molecule has 0 aliphatic carbocycles. The van der Waals surface area contributed by atoms with E-state index in [1.165, 1.54) is 43.5 Å². The van der Waals surface area contributed by atoms with Crippen LogP contribution in [0.25, 0.3) is 0 Å². The normalized spacial score (nSPS) is 16.4. The summed E-state index contributed by atoms with van der Waals surface area (Å²) in [6.07, 6.45) is 3.97. The predicted molar refractivity (Wildman–Crippen MR) is 103 cm³/mol. The fourth-order valence-corrected chi connectivity index (χ4v) is 3.38. The number of benzene rings is 2. The van der Waals surface area contributed by atoms with Gasteiger partial charge >= 0.3 is 0 Å². The van der Waals surface area contributed by atoms with E-state index < -0.39 is 0 Å². The van der Waals surface area contributed by atoms with Gasteiger partial charge in [0.05, 0.1) is 0 Å². The molecule has 0 spiro atoms. The van der Waals surface area contributed by atoms with Crippen molar-refractivity contribution in [2.45, 2.75) is 38.6 Å². The maximum absolute atomic E-state index is 12.4. The summed E-state index contributed by atoms with van der Waals surface area (Å²) < 4.78 is 0. The zero-order valence-corrected chi connectivity index (χ0v) is 15.1. The van der Waals surface area contributed by atoms with Gasteiger partial charge in [-0.25, -0.2) is 0 Å². The minimum atomic E-state index is 0.00676. The van der Waals surface area contributed by atoms with E-state index in [1.807, 2.05) is 30.3 Å². The summed E-state index contributed by atoms with van der Waals surface area (Å²) in [5.74, 6) is 0.316. The minimum Gasteiger partial charge on any atom is -0.351 e. The molecule has 3 nitrogen and oxygen atoms in total. The summed E-state index contributed by atoms with van der Waals surface area (Å²) in [5.41, 5.74) is 3.28. The van der Waals surface area contributed by atoms with Gasteiger partial charge in [0.15, 0.2) is 0 Å². The lowest BCUT2D eigenvalue weighted by molar-refractivity contribution is 0.0951. The number of likely N-dealkylation sites (tertiary alicyclic amines) is 1. The number of nitrogens with one attached hydrogen (secondary N) is 1. The highest BCUT2D eigenvalue weighted by molar-refractivity contribution is 5.94. The fourth-order valence-electron chi connectivity index (χ4n) is 3.38. The Labute approximate surface area is 151 Å². The Morgan fingerprint density at radius 3 is 2.36 bits per heavy atom. The Morgan fingerprint density at radius 1 is 1.00 bits per heavy atom. The number of rotatable bonds is 6. The second-order valence-electron chi connectivity index (χ2n) is 7.06. The molecule has 132 valence electrons. The van der Waals surface area contributed by atoms with Gasteiger partial charge in [-0.05, 0) is 55.1 Å². The quantitative estimate of drug-likeness (QED) is 0.857. The van der Waals surface area contributed by atoms with E-state index in [4.69, 9.17) is 0 Å². The highest BCUT2D eigenvalue weighted by Gasteiger charge is 2.12. The van der Waals surface area contributed by atoms with Crippen LogP contribution in [0.3, 0.4) is 0 Å². The van der Waals surface area contributed by atoms with Crippen molar-refractivity contribution in [1.82, 2.24) is 10.2 Å². The zero-order valence-electron chi connectivity index (χ0n) is 15.1. The van der Waals surface area contributed by atoms with Crippen LogP contribution in [0, 0.1) is 0 Å². The van der Waals surface area contributed by atoms with Crippen LogP contribution >= 0.6 is 0 Å². The Morgan fingerprint density at radius 2 is 1.68 bits per heavy atom. The third kappa shape index (κ3) is 5.17. The molecule has 2 aromatic carbocycles. The number of nitrogens with zero attached hydrogens (tertiary/aromatic N) is 1. The predicted octanol–water partition coefficient (Wildman–Crippen LogP) is 4.21. The summed E-state index contributed by atoms with van der Waals surface area (Å²) in [4.78, 5) is 14.9. The Kier molecular flexibility index (Phi) is 6.24. The van der Waals surface area contributed by atoms with Gasteiger partial charge in [-0.15, -0.1) is 0 Å². The number of carbonyl (C=O) groups excluding carboxylic acids is 1. The Bertz CT molecular complexity index is 660. The van der Waals surface area contributed by atoms with E-state index in [0.29, 0.717) is 12.5 Å². The van der Waals surface area contributed by atoms with Crippen LogP contribution in [0.15, 0.2) is 54.6 Å². The molecule has 1 saturated heterocycles. The molecule has 1 atom stereocenters. The molecule has 25 heavy (non-hydrogen) atoms. The molecule has 1 amide bonds. The van der Waals surface area contributed by atoms with Gasteiger partial charge in [0, 0.05) is 18.7 Å². The van der Waals surface area contributed by atoms with Gasteiger partial charge in [-0.3, -0.25) is 9.69 Å². The molecule has 0 saturated carbocycles. The van der Waals surface area contributed by atoms with Gasteiger partial charge < -0.3 is 5.32 Å². The molecule has 1 heterocycles. The molecule has 2 aromatic rings. The fraction of sp³-hybridized carbons (Fsp3) is 0.409. The molecule has 0 bridgehead atoms. The molecule has 0 radical (unpaired) electrons. The smallest absolute Gasteiger partial charge is 0.251 e. The second-order valence-corrected chi connectivity index (χ2v) is 7.06. The van der Waals surface area contributed by atoms with E-state index in [-0.39, 0.29) is 5.91 Å². The van der Waals surface area contributed by atoms with Crippen LogP contribution in [0.1, 0.15) is 53.6 Å². The molecule has 1 N–H and O–H groups in total. The molecule has 1 aliphatic heterocycles. The van der Waals surface area contributed by atoms with Gasteiger partial charge in [-0.1, -0.05) is 55.8 Å². The van der Waals surface area contributed by atoms with Crippen LogP contribution in [0.4, 0.5) is 0 Å². The first-order valence-corrected chi connectivity index (χ1v) is 9.37. The van der Waals surface area contributed by atoms with Crippen molar-refractivity contribution in [2.75, 3.05) is 19.6 Å². The van der Waals surface area contributed by atoms with Crippen molar-refractivity contribution in [3.8, 4) is 0 Å². The lowest BCUT2D eigenvalue weighted by atomic mass is 10.0. The molecular weight excluding hydrogens is 308 g/mol. The summed E-state index contributed by atoms with van der Waals surface area (Å²) >= 11 is 0. The largest absolute Gasteiger partial charge is 0.351 e. The van der Waals surface area contributed by atoms with Crippen molar-refractivity contribution in [3.63, 3.8) is 0 Å². The molecule has 1 fully saturated rings. The summed E-state index contributed by atoms with van der Waals surface area (Å²) in [6.45, 7) is 6.17. The van der Waals surface area contributed by atoms with E-state index >= 15 is 0 Å². The first kappa shape index (κ1) is 17.7. The van der Waals surface area contributed by atoms with Crippen molar-refractivity contribution in [1.29, 1.82) is 0 Å². The maximum Gasteiger partial charge on any atom is 0.251 e. The number of hydrogen-bond acceptors (Lipinski definition) is 2. The van der Waals surface area contributed by atoms with E-state index in [9.17, 15) is 4.79 Å². The Hall–Kier alpha value is -2.13. The first-order chi connectivity index (χ1) is 12.2. The van der Waals surface area contributed by atoms with Gasteiger partial charge in [-0.2, -0.15) is 0 Å². The molecular formula is C22H28N2O. The highest BCUT2D eigenvalue weighted by atomic mass is 16.1. The van der Waals surface area contributed by atoms with Crippen molar-refractivity contribution in [2.24, 2.45) is 0 Å². The summed E-state index contributed by atoms with van der Waals surface area (Å²) in [6, 6.07) is 18.4. The number of hydrogen-bond donors (Lipinski definition) is 1. The minimum absolute atomic E-state index is 0.00676. The zero-order chi connectivity index (χ0) is 17.5. The van der Waals surface area contributed by atoms with Gasteiger partial charge in [0.1, 0.15) is 0 Å². The van der Waals surface area contributed by atoms with Crippen molar-refractivity contribution >= 4 is 5.91 Å². The van der Waals surface area contributed by atoms with Crippen LogP contribution in [0.5, 0.6) is 0 Å². The average molecular weight is 336 g/mol. The summed E-state index contributed by atoms with van der Waals surface area (Å²) in [7, 11) is 0. The molecule has 3 rings (SSSR count). The topological polar surface area (TPSA) is 32.3 Å². The third-order valence-electron chi connectivity index (χ3n) is 5.01. The van der Waals surface area contributed by atoms with E-state index in [2.05, 4.69) is 41.4 Å². The van der Waals surface area contributed by atoms with Gasteiger partial charge in [0.25, 0.3) is 5.91 Å². The van der Waals surface area contributed by atoms with Crippen molar-refractivity contribution < 1.29 is 4.79 Å². The van der Waals surface area contributed by atoms with Crippen LogP contribution in [0.2, 0.25) is 0 Å². The molecule has 0 aromatic heterocycles. The number of amides is 1. The third-order valence-corrected chi connectivity index (χ3v) is 5.01. The SMILES string of the molecule is C[C@@H](CNC(=O)c1ccc(CN2CCCCC2)cc1)c1ccccc1. The summed E-state index contributed by atoms with van der Waals surface area (Å²) in [5, 5.41) is 3.05. The average Bonchev–Trinajstić information content (AvgIpc) is 2.68. The van der Waals surface area contributed by atoms with Gasteiger partial charge in [0.2, 0.25) is 0 Å². The second kappa shape index (κ2) is 8.82. The van der Waals surface area contributed by atoms with E-state index in [1.54, 1.807) is 0 Å².